The summed E-state index contributed by atoms with van der Waals surface area (Å²) in [6.07, 6.45) is 0.295. The van der Waals surface area contributed by atoms with Gasteiger partial charge in [0.25, 0.3) is 5.91 Å². The lowest BCUT2D eigenvalue weighted by molar-refractivity contribution is -0.119. The summed E-state index contributed by atoms with van der Waals surface area (Å²) in [7, 11) is 3.83. The second kappa shape index (κ2) is 9.81. The number of nitrogens with one attached hydrogen (secondary N) is 1. The number of aliphatic hydroxyl groups is 1. The zero-order valence-electron chi connectivity index (χ0n) is 11.0. The minimum atomic E-state index is -1.06. The molecule has 0 aromatic carbocycles. The summed E-state index contributed by atoms with van der Waals surface area (Å²) in [5.41, 5.74) is 0. The van der Waals surface area contributed by atoms with Gasteiger partial charge in [0.1, 0.15) is 0 Å². The Hall–Kier alpha value is -0.0700. The first-order valence-corrected chi connectivity index (χ1v) is 6.75. The van der Waals surface area contributed by atoms with Crippen molar-refractivity contribution in [2.75, 3.05) is 33.9 Å². The molecule has 2 unspecified atom stereocenters. The Morgan fingerprint density at radius 1 is 1.44 bits per heavy atom. The highest BCUT2D eigenvalue weighted by molar-refractivity contribution is 6.53. The van der Waals surface area contributed by atoms with Crippen molar-refractivity contribution in [2.45, 2.75) is 30.3 Å². The molecule has 0 bridgehead atoms. The van der Waals surface area contributed by atoms with Crippen LogP contribution >= 0.6 is 23.2 Å². The number of alkyl halides is 2. The van der Waals surface area contributed by atoms with Crippen LogP contribution in [0, 0.1) is 0 Å². The molecule has 0 heterocycles. The zero-order valence-corrected chi connectivity index (χ0v) is 12.5. The molecule has 2 N–H and O–H groups in total. The molecule has 0 rings (SSSR count). The molecule has 108 valence electrons. The molecule has 2 atom stereocenters. The van der Waals surface area contributed by atoms with Crippen LogP contribution in [0.2, 0.25) is 0 Å². The number of ether oxygens (including phenoxy) is 1. The van der Waals surface area contributed by atoms with Gasteiger partial charge in [0, 0.05) is 12.6 Å². The van der Waals surface area contributed by atoms with Crippen molar-refractivity contribution in [1.29, 1.82) is 0 Å². The fourth-order valence-corrected chi connectivity index (χ4v) is 1.77. The lowest BCUT2D eigenvalue weighted by Crippen LogP contribution is -2.41. The number of carbonyl (C=O) groups excluding carboxylic acids is 1. The van der Waals surface area contributed by atoms with Gasteiger partial charge in [-0.15, -0.1) is 0 Å². The number of aliphatic hydroxyl groups excluding tert-OH is 1. The summed E-state index contributed by atoms with van der Waals surface area (Å²) in [6.45, 7) is 2.88. The largest absolute Gasteiger partial charge is 0.389 e. The van der Waals surface area contributed by atoms with Crippen LogP contribution in [-0.4, -0.2) is 66.7 Å². The van der Waals surface area contributed by atoms with Crippen molar-refractivity contribution in [3.05, 3.63) is 0 Å². The van der Waals surface area contributed by atoms with Crippen molar-refractivity contribution in [3.63, 3.8) is 0 Å². The maximum Gasteiger partial charge on any atom is 0.253 e. The Morgan fingerprint density at radius 2 is 2.06 bits per heavy atom. The smallest absolute Gasteiger partial charge is 0.253 e. The number of amides is 1. The Labute approximate surface area is 118 Å². The standard InChI is InChI=1S/C11H22Cl2N2O3/c1-4-8(15(2)3)9(16)7-18-6-5-14-11(17)10(12)13/h8-10,16H,4-7H2,1-3H3,(H,14,17). The molecule has 0 spiro atoms. The van der Waals surface area contributed by atoms with Crippen LogP contribution in [0.3, 0.4) is 0 Å². The molecular weight excluding hydrogens is 279 g/mol. The minimum absolute atomic E-state index is 0.0645. The van der Waals surface area contributed by atoms with Crippen LogP contribution in [0.15, 0.2) is 0 Å². The number of nitrogens with zero attached hydrogens (tertiary/aromatic N) is 1. The number of hydrogen-bond acceptors (Lipinski definition) is 4. The molecule has 0 saturated carbocycles. The number of likely N-dealkylation sites (N-methyl/N-ethyl adjacent to an activating group) is 1. The molecule has 0 aliphatic carbocycles. The van der Waals surface area contributed by atoms with E-state index >= 15 is 0 Å². The average Bonchev–Trinajstić information content (AvgIpc) is 2.28. The van der Waals surface area contributed by atoms with Gasteiger partial charge in [0.15, 0.2) is 4.84 Å². The van der Waals surface area contributed by atoms with Gasteiger partial charge in [0.05, 0.1) is 19.3 Å². The fourth-order valence-electron chi connectivity index (χ4n) is 1.62. The first-order chi connectivity index (χ1) is 8.40. The van der Waals surface area contributed by atoms with E-state index in [-0.39, 0.29) is 12.6 Å². The van der Waals surface area contributed by atoms with Gasteiger partial charge in [-0.25, -0.2) is 0 Å². The van der Waals surface area contributed by atoms with E-state index in [1.165, 1.54) is 0 Å². The van der Waals surface area contributed by atoms with E-state index in [0.29, 0.717) is 13.2 Å². The van der Waals surface area contributed by atoms with E-state index in [2.05, 4.69) is 5.32 Å². The summed E-state index contributed by atoms with van der Waals surface area (Å²) < 4.78 is 5.28. The van der Waals surface area contributed by atoms with Crippen molar-refractivity contribution in [3.8, 4) is 0 Å². The van der Waals surface area contributed by atoms with Crippen LogP contribution in [-0.2, 0) is 9.53 Å². The maximum absolute atomic E-state index is 11.0. The molecule has 18 heavy (non-hydrogen) atoms. The normalized spacial score (nSPS) is 14.9. The first-order valence-electron chi connectivity index (χ1n) is 5.88. The fraction of sp³-hybridized carbons (Fsp3) is 0.909. The number of carbonyl (C=O) groups is 1. The SMILES string of the molecule is CCC(C(O)COCCNC(=O)C(Cl)Cl)N(C)C. The van der Waals surface area contributed by atoms with Crippen LogP contribution in [0.4, 0.5) is 0 Å². The predicted molar refractivity (Wildman–Crippen MR) is 73.1 cm³/mol. The topological polar surface area (TPSA) is 61.8 Å². The second-order valence-corrected chi connectivity index (χ2v) is 5.27. The van der Waals surface area contributed by atoms with E-state index < -0.39 is 16.8 Å². The van der Waals surface area contributed by atoms with E-state index in [9.17, 15) is 9.90 Å². The molecule has 0 aliphatic rings. The Morgan fingerprint density at radius 3 is 2.50 bits per heavy atom. The molecule has 0 aromatic heterocycles. The van der Waals surface area contributed by atoms with Crippen molar-refractivity contribution in [2.24, 2.45) is 0 Å². The van der Waals surface area contributed by atoms with Gasteiger partial charge in [0.2, 0.25) is 0 Å². The van der Waals surface area contributed by atoms with Crippen LogP contribution in [0.1, 0.15) is 13.3 Å². The quantitative estimate of drug-likeness (QED) is 0.484. The van der Waals surface area contributed by atoms with Gasteiger partial charge < -0.3 is 20.1 Å². The number of rotatable bonds is 9. The molecule has 0 aromatic rings. The van der Waals surface area contributed by atoms with Crippen molar-refractivity contribution in [1.82, 2.24) is 10.2 Å². The second-order valence-electron chi connectivity index (χ2n) is 4.17. The third-order valence-electron chi connectivity index (χ3n) is 2.56. The molecule has 1 amide bonds. The lowest BCUT2D eigenvalue weighted by atomic mass is 10.1. The van der Waals surface area contributed by atoms with Crippen molar-refractivity contribution >= 4 is 29.1 Å². The Bertz CT molecular complexity index is 240. The van der Waals surface area contributed by atoms with Gasteiger partial charge in [-0.1, -0.05) is 30.1 Å². The predicted octanol–water partition coefficient (Wildman–Crippen LogP) is 0.624. The molecule has 0 radical (unpaired) electrons. The Kier molecular flexibility index (Phi) is 9.77. The minimum Gasteiger partial charge on any atom is -0.389 e. The molecule has 0 saturated heterocycles. The number of hydrogen-bond donors (Lipinski definition) is 2. The third kappa shape index (κ3) is 7.38. The van der Waals surface area contributed by atoms with Gasteiger partial charge in [-0.3, -0.25) is 4.79 Å². The van der Waals surface area contributed by atoms with Crippen LogP contribution < -0.4 is 5.32 Å². The van der Waals surface area contributed by atoms with Gasteiger partial charge in [-0.05, 0) is 20.5 Å². The summed E-state index contributed by atoms with van der Waals surface area (Å²) in [5.74, 6) is -0.442. The molecule has 7 heteroatoms. The van der Waals surface area contributed by atoms with E-state index in [1.54, 1.807) is 0 Å². The third-order valence-corrected chi connectivity index (χ3v) is 2.95. The average molecular weight is 301 g/mol. The molecule has 5 nitrogen and oxygen atoms in total. The lowest BCUT2D eigenvalue weighted by Gasteiger charge is -2.27. The maximum atomic E-state index is 11.0. The van der Waals surface area contributed by atoms with E-state index in [0.717, 1.165) is 6.42 Å². The molecule has 0 fully saturated rings. The van der Waals surface area contributed by atoms with Crippen LogP contribution in [0.5, 0.6) is 0 Å². The zero-order chi connectivity index (χ0) is 14.1. The molecular formula is C11H22Cl2N2O3. The highest BCUT2D eigenvalue weighted by Crippen LogP contribution is 2.05. The highest BCUT2D eigenvalue weighted by atomic mass is 35.5. The first kappa shape index (κ1) is 17.9. The van der Waals surface area contributed by atoms with Gasteiger partial charge in [-0.2, -0.15) is 0 Å². The number of halogens is 2. The van der Waals surface area contributed by atoms with Crippen LogP contribution in [0.25, 0.3) is 0 Å². The summed E-state index contributed by atoms with van der Waals surface area (Å²) in [6, 6.07) is 0.0645. The summed E-state index contributed by atoms with van der Waals surface area (Å²) in [4.78, 5) is 11.9. The monoisotopic (exact) mass is 300 g/mol. The van der Waals surface area contributed by atoms with E-state index in [4.69, 9.17) is 27.9 Å². The summed E-state index contributed by atoms with van der Waals surface area (Å²) in [5, 5.41) is 12.4. The highest BCUT2D eigenvalue weighted by Gasteiger charge is 2.19. The van der Waals surface area contributed by atoms with Crippen molar-refractivity contribution < 1.29 is 14.6 Å². The Balaban J connectivity index is 3.68. The molecule has 0 aliphatic heterocycles. The summed E-state index contributed by atoms with van der Waals surface area (Å²) >= 11 is 10.7. The van der Waals surface area contributed by atoms with E-state index in [1.807, 2.05) is 25.9 Å². The van der Waals surface area contributed by atoms with Gasteiger partial charge >= 0.3 is 0 Å².